The zero-order chi connectivity index (χ0) is 14.1. The summed E-state index contributed by atoms with van der Waals surface area (Å²) in [6.07, 6.45) is 0.988. The highest BCUT2D eigenvalue weighted by atomic mass is 16.5. The summed E-state index contributed by atoms with van der Waals surface area (Å²) in [5, 5.41) is 6.80. The molecule has 1 rings (SSSR count). The Balaban J connectivity index is 2.29. The number of benzene rings is 1. The molecular weight excluding hydrogens is 240 g/mol. The molecule has 0 aromatic heterocycles. The van der Waals surface area contributed by atoms with Crippen LogP contribution in [0.5, 0.6) is 11.5 Å². The third-order valence-corrected chi connectivity index (χ3v) is 2.89. The van der Waals surface area contributed by atoms with Crippen molar-refractivity contribution in [3.8, 4) is 11.5 Å². The van der Waals surface area contributed by atoms with Crippen LogP contribution in [0.15, 0.2) is 18.2 Å². The zero-order valence-electron chi connectivity index (χ0n) is 12.5. The largest absolute Gasteiger partial charge is 0.493 e. The van der Waals surface area contributed by atoms with Gasteiger partial charge in [0.25, 0.3) is 0 Å². The van der Waals surface area contributed by atoms with E-state index in [2.05, 4.69) is 30.5 Å². The van der Waals surface area contributed by atoms with Crippen molar-refractivity contribution in [2.75, 3.05) is 33.9 Å². The Labute approximate surface area is 116 Å². The maximum absolute atomic E-state index is 5.29. The first-order chi connectivity index (χ1) is 9.17. The van der Waals surface area contributed by atoms with Crippen LogP contribution < -0.4 is 20.1 Å². The number of ether oxygens (including phenoxy) is 2. The first-order valence-corrected chi connectivity index (χ1v) is 6.82. The van der Waals surface area contributed by atoms with Gasteiger partial charge in [-0.05, 0) is 30.7 Å². The van der Waals surface area contributed by atoms with E-state index in [1.807, 2.05) is 12.1 Å². The number of rotatable bonds is 9. The predicted octanol–water partition coefficient (Wildman–Crippen LogP) is 1.83. The molecule has 2 N–H and O–H groups in total. The van der Waals surface area contributed by atoms with E-state index in [0.29, 0.717) is 6.04 Å². The maximum Gasteiger partial charge on any atom is 0.160 e. The standard InChI is InChI=1S/C15H26N2O2/c1-12(2)17-10-9-16-8-7-13-5-6-14(18-3)15(11-13)19-4/h5-6,11-12,16-17H,7-10H2,1-4H3. The number of methoxy groups -OCH3 is 2. The summed E-state index contributed by atoms with van der Waals surface area (Å²) in [5.74, 6) is 1.57. The van der Waals surface area contributed by atoms with Crippen molar-refractivity contribution < 1.29 is 9.47 Å². The van der Waals surface area contributed by atoms with Crippen LogP contribution in [0, 0.1) is 0 Å². The molecule has 0 amide bonds. The molecule has 0 bridgehead atoms. The van der Waals surface area contributed by atoms with Gasteiger partial charge in [0.05, 0.1) is 14.2 Å². The van der Waals surface area contributed by atoms with Crippen molar-refractivity contribution >= 4 is 0 Å². The van der Waals surface area contributed by atoms with E-state index in [0.717, 1.165) is 37.6 Å². The summed E-state index contributed by atoms with van der Waals surface area (Å²) >= 11 is 0. The Morgan fingerprint density at radius 1 is 1.00 bits per heavy atom. The Kier molecular flexibility index (Phi) is 7.30. The molecule has 0 radical (unpaired) electrons. The molecule has 1 aromatic carbocycles. The Morgan fingerprint density at radius 3 is 2.37 bits per heavy atom. The van der Waals surface area contributed by atoms with Gasteiger partial charge in [0.15, 0.2) is 11.5 Å². The van der Waals surface area contributed by atoms with Crippen LogP contribution in [0.2, 0.25) is 0 Å². The molecule has 0 spiro atoms. The van der Waals surface area contributed by atoms with Crippen LogP contribution >= 0.6 is 0 Å². The molecular formula is C15H26N2O2. The van der Waals surface area contributed by atoms with Crippen molar-refractivity contribution in [1.82, 2.24) is 10.6 Å². The summed E-state index contributed by atoms with van der Waals surface area (Å²) in [6.45, 7) is 7.28. The number of nitrogens with one attached hydrogen (secondary N) is 2. The van der Waals surface area contributed by atoms with Gasteiger partial charge in [0.1, 0.15) is 0 Å². The second-order valence-electron chi connectivity index (χ2n) is 4.80. The zero-order valence-corrected chi connectivity index (χ0v) is 12.5. The number of hydrogen-bond donors (Lipinski definition) is 2. The first kappa shape index (κ1) is 15.8. The van der Waals surface area contributed by atoms with Gasteiger partial charge in [-0.2, -0.15) is 0 Å². The lowest BCUT2D eigenvalue weighted by molar-refractivity contribution is 0.354. The van der Waals surface area contributed by atoms with Gasteiger partial charge >= 0.3 is 0 Å². The Morgan fingerprint density at radius 2 is 1.74 bits per heavy atom. The summed E-state index contributed by atoms with van der Waals surface area (Å²) in [7, 11) is 3.32. The van der Waals surface area contributed by atoms with Crippen LogP contribution in [0.3, 0.4) is 0 Å². The van der Waals surface area contributed by atoms with Crippen molar-refractivity contribution in [3.05, 3.63) is 23.8 Å². The second kappa shape index (κ2) is 8.77. The molecule has 1 aromatic rings. The first-order valence-electron chi connectivity index (χ1n) is 6.82. The van der Waals surface area contributed by atoms with Gasteiger partial charge in [-0.1, -0.05) is 19.9 Å². The second-order valence-corrected chi connectivity index (χ2v) is 4.80. The highest BCUT2D eigenvalue weighted by Gasteiger charge is 2.04. The molecule has 108 valence electrons. The predicted molar refractivity (Wildman–Crippen MR) is 79.3 cm³/mol. The molecule has 4 nitrogen and oxygen atoms in total. The van der Waals surface area contributed by atoms with Crippen LogP contribution in [0.4, 0.5) is 0 Å². The van der Waals surface area contributed by atoms with E-state index in [4.69, 9.17) is 9.47 Å². The molecule has 0 unspecified atom stereocenters. The van der Waals surface area contributed by atoms with Crippen molar-refractivity contribution in [2.24, 2.45) is 0 Å². The molecule has 0 fully saturated rings. The fourth-order valence-electron chi connectivity index (χ4n) is 1.84. The van der Waals surface area contributed by atoms with Gasteiger partial charge in [0, 0.05) is 19.1 Å². The summed E-state index contributed by atoms with van der Waals surface area (Å²) < 4.78 is 10.5. The normalized spacial score (nSPS) is 10.8. The third-order valence-electron chi connectivity index (χ3n) is 2.89. The average molecular weight is 266 g/mol. The molecule has 19 heavy (non-hydrogen) atoms. The van der Waals surface area contributed by atoms with E-state index in [-0.39, 0.29) is 0 Å². The van der Waals surface area contributed by atoms with Gasteiger partial charge in [-0.15, -0.1) is 0 Å². The minimum Gasteiger partial charge on any atom is -0.493 e. The summed E-state index contributed by atoms with van der Waals surface area (Å²) in [6, 6.07) is 6.61. The lowest BCUT2D eigenvalue weighted by atomic mass is 10.1. The Bertz CT molecular complexity index is 367. The highest BCUT2D eigenvalue weighted by Crippen LogP contribution is 2.27. The van der Waals surface area contributed by atoms with Gasteiger partial charge in [-0.3, -0.25) is 0 Å². The summed E-state index contributed by atoms with van der Waals surface area (Å²) in [4.78, 5) is 0. The van der Waals surface area contributed by atoms with E-state index < -0.39 is 0 Å². The van der Waals surface area contributed by atoms with Gasteiger partial charge in [-0.25, -0.2) is 0 Å². The fraction of sp³-hybridized carbons (Fsp3) is 0.600. The highest BCUT2D eigenvalue weighted by molar-refractivity contribution is 5.42. The lowest BCUT2D eigenvalue weighted by Crippen LogP contribution is -2.32. The van der Waals surface area contributed by atoms with E-state index in [1.54, 1.807) is 14.2 Å². The quantitative estimate of drug-likeness (QED) is 0.669. The maximum atomic E-state index is 5.29. The van der Waals surface area contributed by atoms with E-state index >= 15 is 0 Å². The van der Waals surface area contributed by atoms with Crippen molar-refractivity contribution in [1.29, 1.82) is 0 Å². The van der Waals surface area contributed by atoms with Crippen molar-refractivity contribution in [2.45, 2.75) is 26.3 Å². The molecule has 0 aliphatic rings. The van der Waals surface area contributed by atoms with E-state index in [1.165, 1.54) is 5.56 Å². The monoisotopic (exact) mass is 266 g/mol. The fourth-order valence-corrected chi connectivity index (χ4v) is 1.84. The van der Waals surface area contributed by atoms with Crippen LogP contribution in [-0.4, -0.2) is 39.9 Å². The van der Waals surface area contributed by atoms with E-state index in [9.17, 15) is 0 Å². The molecule has 0 heterocycles. The van der Waals surface area contributed by atoms with Gasteiger partial charge in [0.2, 0.25) is 0 Å². The Hall–Kier alpha value is -1.26. The van der Waals surface area contributed by atoms with Gasteiger partial charge < -0.3 is 20.1 Å². The SMILES string of the molecule is COc1ccc(CCNCCNC(C)C)cc1OC. The molecule has 4 heteroatoms. The van der Waals surface area contributed by atoms with Crippen LogP contribution in [0.1, 0.15) is 19.4 Å². The van der Waals surface area contributed by atoms with Crippen molar-refractivity contribution in [3.63, 3.8) is 0 Å². The summed E-state index contributed by atoms with van der Waals surface area (Å²) in [5.41, 5.74) is 1.25. The van der Waals surface area contributed by atoms with Crippen LogP contribution in [-0.2, 0) is 6.42 Å². The molecule has 0 saturated heterocycles. The molecule has 0 atom stereocenters. The lowest BCUT2D eigenvalue weighted by Gasteiger charge is -2.11. The van der Waals surface area contributed by atoms with Crippen LogP contribution in [0.25, 0.3) is 0 Å². The minimum absolute atomic E-state index is 0.549. The third kappa shape index (κ3) is 5.94. The minimum atomic E-state index is 0.549. The topological polar surface area (TPSA) is 42.5 Å². The average Bonchev–Trinajstić information content (AvgIpc) is 2.42. The molecule has 0 aliphatic carbocycles. The molecule has 0 saturated carbocycles. The molecule has 0 aliphatic heterocycles. The smallest absolute Gasteiger partial charge is 0.160 e. The number of hydrogen-bond acceptors (Lipinski definition) is 4.